The summed E-state index contributed by atoms with van der Waals surface area (Å²) in [7, 11) is 0. The molecule has 0 aliphatic carbocycles. The lowest BCUT2D eigenvalue weighted by atomic mass is 10.1. The summed E-state index contributed by atoms with van der Waals surface area (Å²) in [5.74, 6) is 0.211. The number of aliphatic imine (C=N–C) groups is 1. The molecule has 0 saturated carbocycles. The Morgan fingerprint density at radius 3 is 3.07 bits per heavy atom. The fourth-order valence-corrected chi connectivity index (χ4v) is 2.11. The number of aromatic hydroxyl groups is 1. The average molecular weight is 205 g/mol. The highest BCUT2D eigenvalue weighted by Crippen LogP contribution is 2.32. The SMILES string of the molecule is O=C=NCc1ccc2sccc2c1O. The monoisotopic (exact) mass is 205 g/mol. The van der Waals surface area contributed by atoms with Crippen LogP contribution in [0, 0.1) is 0 Å². The average Bonchev–Trinajstić information content (AvgIpc) is 2.66. The fraction of sp³-hybridized carbons (Fsp3) is 0.100. The van der Waals surface area contributed by atoms with Gasteiger partial charge in [-0.1, -0.05) is 6.07 Å². The van der Waals surface area contributed by atoms with Crippen molar-refractivity contribution in [1.82, 2.24) is 0 Å². The zero-order chi connectivity index (χ0) is 9.97. The molecule has 0 radical (unpaired) electrons. The zero-order valence-corrected chi connectivity index (χ0v) is 8.04. The number of rotatable bonds is 2. The van der Waals surface area contributed by atoms with Crippen LogP contribution in [-0.2, 0) is 11.3 Å². The molecule has 0 aliphatic rings. The number of thiophene rings is 1. The van der Waals surface area contributed by atoms with E-state index in [-0.39, 0.29) is 12.3 Å². The third-order valence-corrected chi connectivity index (χ3v) is 2.89. The molecule has 0 bridgehead atoms. The third-order valence-electron chi connectivity index (χ3n) is 2.00. The van der Waals surface area contributed by atoms with Gasteiger partial charge in [0.2, 0.25) is 6.08 Å². The molecule has 2 aromatic rings. The first kappa shape index (κ1) is 8.94. The summed E-state index contributed by atoms with van der Waals surface area (Å²) < 4.78 is 1.03. The van der Waals surface area contributed by atoms with E-state index in [1.54, 1.807) is 17.4 Å². The lowest BCUT2D eigenvalue weighted by Crippen LogP contribution is -1.82. The quantitative estimate of drug-likeness (QED) is 0.604. The Labute approximate surface area is 84.3 Å². The van der Waals surface area contributed by atoms with E-state index in [1.165, 1.54) is 6.08 Å². The van der Waals surface area contributed by atoms with Crippen LogP contribution in [0.15, 0.2) is 28.6 Å². The van der Waals surface area contributed by atoms with Gasteiger partial charge < -0.3 is 5.11 Å². The highest BCUT2D eigenvalue weighted by molar-refractivity contribution is 7.17. The van der Waals surface area contributed by atoms with Crippen LogP contribution in [0.3, 0.4) is 0 Å². The number of hydrogen-bond acceptors (Lipinski definition) is 4. The van der Waals surface area contributed by atoms with Crippen molar-refractivity contribution in [3.63, 3.8) is 0 Å². The molecule has 1 heterocycles. The second-order valence-corrected chi connectivity index (χ2v) is 3.76. The number of nitrogens with zero attached hydrogens (tertiary/aromatic N) is 1. The molecular weight excluding hydrogens is 198 g/mol. The Bertz CT molecular complexity index is 512. The Morgan fingerprint density at radius 2 is 2.29 bits per heavy atom. The van der Waals surface area contributed by atoms with Gasteiger partial charge in [-0.05, 0) is 17.5 Å². The number of isocyanates is 1. The van der Waals surface area contributed by atoms with E-state index in [2.05, 4.69) is 4.99 Å². The number of carbonyl (C=O) groups excluding carboxylic acids is 1. The van der Waals surface area contributed by atoms with Crippen molar-refractivity contribution in [3.8, 4) is 5.75 Å². The molecule has 4 heteroatoms. The van der Waals surface area contributed by atoms with E-state index in [0.29, 0.717) is 5.56 Å². The molecule has 70 valence electrons. The molecule has 0 atom stereocenters. The molecule has 0 spiro atoms. The van der Waals surface area contributed by atoms with Crippen molar-refractivity contribution in [2.45, 2.75) is 6.54 Å². The van der Waals surface area contributed by atoms with E-state index in [4.69, 9.17) is 0 Å². The van der Waals surface area contributed by atoms with Crippen molar-refractivity contribution in [2.75, 3.05) is 0 Å². The van der Waals surface area contributed by atoms with Crippen LogP contribution in [0.2, 0.25) is 0 Å². The molecule has 1 N–H and O–H groups in total. The molecule has 0 aliphatic heterocycles. The first-order chi connectivity index (χ1) is 6.83. The predicted molar refractivity (Wildman–Crippen MR) is 55.3 cm³/mol. The zero-order valence-electron chi connectivity index (χ0n) is 7.23. The first-order valence-electron chi connectivity index (χ1n) is 4.04. The molecule has 14 heavy (non-hydrogen) atoms. The van der Waals surface area contributed by atoms with Gasteiger partial charge in [0.25, 0.3) is 0 Å². The van der Waals surface area contributed by atoms with Crippen molar-refractivity contribution >= 4 is 27.5 Å². The summed E-state index contributed by atoms with van der Waals surface area (Å²) in [5, 5.41) is 12.5. The van der Waals surface area contributed by atoms with Crippen LogP contribution >= 0.6 is 11.3 Å². The lowest BCUT2D eigenvalue weighted by Gasteiger charge is -2.01. The summed E-state index contributed by atoms with van der Waals surface area (Å²) in [6.07, 6.45) is 1.45. The van der Waals surface area contributed by atoms with Gasteiger partial charge in [0.1, 0.15) is 5.75 Å². The lowest BCUT2D eigenvalue weighted by molar-refractivity contribution is 0.475. The van der Waals surface area contributed by atoms with Crippen molar-refractivity contribution < 1.29 is 9.90 Å². The second-order valence-electron chi connectivity index (χ2n) is 2.81. The maximum absolute atomic E-state index is 9.93. The molecule has 0 saturated heterocycles. The maximum Gasteiger partial charge on any atom is 0.235 e. The first-order valence-corrected chi connectivity index (χ1v) is 4.92. The van der Waals surface area contributed by atoms with Gasteiger partial charge in [-0.25, -0.2) is 9.79 Å². The Hall–Kier alpha value is -1.64. The Morgan fingerprint density at radius 1 is 1.43 bits per heavy atom. The van der Waals surface area contributed by atoms with Crippen LogP contribution in [0.5, 0.6) is 5.75 Å². The number of phenols is 1. The largest absolute Gasteiger partial charge is 0.507 e. The van der Waals surface area contributed by atoms with Gasteiger partial charge in [0, 0.05) is 15.6 Å². The summed E-state index contributed by atoms with van der Waals surface area (Å²) in [4.78, 5) is 13.4. The van der Waals surface area contributed by atoms with E-state index >= 15 is 0 Å². The Kier molecular flexibility index (Phi) is 2.31. The van der Waals surface area contributed by atoms with Gasteiger partial charge in [-0.2, -0.15) is 0 Å². The van der Waals surface area contributed by atoms with E-state index in [0.717, 1.165) is 10.1 Å². The maximum atomic E-state index is 9.93. The predicted octanol–water partition coefficient (Wildman–Crippen LogP) is 2.44. The molecule has 1 aromatic carbocycles. The third kappa shape index (κ3) is 1.41. The second kappa shape index (κ2) is 3.62. The molecule has 0 unspecified atom stereocenters. The van der Waals surface area contributed by atoms with Gasteiger partial charge in [-0.15, -0.1) is 11.3 Å². The molecule has 2 rings (SSSR count). The number of hydrogen-bond donors (Lipinski definition) is 1. The van der Waals surface area contributed by atoms with Crippen molar-refractivity contribution in [1.29, 1.82) is 0 Å². The highest BCUT2D eigenvalue weighted by Gasteiger charge is 2.05. The minimum absolute atomic E-state index is 0.182. The van der Waals surface area contributed by atoms with Crippen LogP contribution < -0.4 is 0 Å². The summed E-state index contributed by atoms with van der Waals surface area (Å²) in [6.45, 7) is 0.182. The highest BCUT2D eigenvalue weighted by atomic mass is 32.1. The van der Waals surface area contributed by atoms with Crippen LogP contribution in [0.1, 0.15) is 5.56 Å². The minimum Gasteiger partial charge on any atom is -0.507 e. The summed E-state index contributed by atoms with van der Waals surface area (Å²) >= 11 is 1.57. The van der Waals surface area contributed by atoms with E-state index < -0.39 is 0 Å². The summed E-state index contributed by atoms with van der Waals surface area (Å²) in [6, 6.07) is 5.54. The fourth-order valence-electron chi connectivity index (χ4n) is 1.32. The minimum atomic E-state index is 0.182. The molecule has 1 aromatic heterocycles. The molecule has 0 fully saturated rings. The number of phenolic OH excluding ortho intramolecular Hbond substituents is 1. The number of benzene rings is 1. The normalized spacial score (nSPS) is 10.0. The van der Waals surface area contributed by atoms with Gasteiger partial charge >= 0.3 is 0 Å². The van der Waals surface area contributed by atoms with Crippen LogP contribution in [-0.4, -0.2) is 11.2 Å². The van der Waals surface area contributed by atoms with Gasteiger partial charge in [0.05, 0.1) is 6.54 Å². The van der Waals surface area contributed by atoms with E-state index in [1.807, 2.05) is 17.5 Å². The smallest absolute Gasteiger partial charge is 0.235 e. The number of fused-ring (bicyclic) bond motifs is 1. The summed E-state index contributed by atoms with van der Waals surface area (Å²) in [5.41, 5.74) is 0.652. The molecule has 3 nitrogen and oxygen atoms in total. The van der Waals surface area contributed by atoms with Gasteiger partial charge in [-0.3, -0.25) is 0 Å². The van der Waals surface area contributed by atoms with E-state index in [9.17, 15) is 9.90 Å². The van der Waals surface area contributed by atoms with Crippen LogP contribution in [0.25, 0.3) is 10.1 Å². The van der Waals surface area contributed by atoms with Crippen molar-refractivity contribution in [3.05, 3.63) is 29.1 Å². The standard InChI is InChI=1S/C10H7NO2S/c12-6-11-5-7-1-2-9-8(10(7)13)3-4-14-9/h1-4,13H,5H2. The topological polar surface area (TPSA) is 49.7 Å². The van der Waals surface area contributed by atoms with Gasteiger partial charge in [0.15, 0.2) is 0 Å². The molecular formula is C10H7NO2S. The molecule has 0 amide bonds. The Balaban J connectivity index is 2.55. The van der Waals surface area contributed by atoms with Crippen molar-refractivity contribution in [2.24, 2.45) is 4.99 Å². The van der Waals surface area contributed by atoms with Crippen LogP contribution in [0.4, 0.5) is 0 Å².